The zero-order chi connectivity index (χ0) is 45.1. The van der Waals surface area contributed by atoms with Gasteiger partial charge in [-0.1, -0.05) is 217 Å². The minimum atomic E-state index is -0.783. The van der Waals surface area contributed by atoms with Crippen molar-refractivity contribution in [1.82, 2.24) is 0 Å². The molecule has 0 aromatic carbocycles. The smallest absolute Gasteiger partial charge is 0.306 e. The lowest BCUT2D eigenvalue weighted by atomic mass is 10.0. The van der Waals surface area contributed by atoms with E-state index in [9.17, 15) is 14.4 Å². The fourth-order valence-corrected chi connectivity index (χ4v) is 7.50. The molecule has 6 heteroatoms. The Hall–Kier alpha value is -2.63. The van der Waals surface area contributed by atoms with Crippen LogP contribution in [0.15, 0.2) is 48.6 Å². The molecular formula is C56H100O6. The highest BCUT2D eigenvalue weighted by Gasteiger charge is 2.19. The van der Waals surface area contributed by atoms with Gasteiger partial charge in [0.2, 0.25) is 0 Å². The van der Waals surface area contributed by atoms with E-state index < -0.39 is 6.10 Å². The minimum Gasteiger partial charge on any atom is -0.462 e. The summed E-state index contributed by atoms with van der Waals surface area (Å²) < 4.78 is 16.8. The van der Waals surface area contributed by atoms with Gasteiger partial charge in [0, 0.05) is 19.3 Å². The molecule has 0 bridgehead atoms. The molecular weight excluding hydrogens is 769 g/mol. The molecule has 0 saturated carbocycles. The molecule has 1 atom stereocenters. The van der Waals surface area contributed by atoms with E-state index in [1.807, 2.05) is 0 Å². The van der Waals surface area contributed by atoms with Gasteiger partial charge >= 0.3 is 17.9 Å². The van der Waals surface area contributed by atoms with E-state index in [0.717, 1.165) is 96.3 Å². The minimum absolute atomic E-state index is 0.0813. The second kappa shape index (κ2) is 51.0. The average molecular weight is 869 g/mol. The molecule has 0 amide bonds. The quantitative estimate of drug-likeness (QED) is 0.0262. The summed E-state index contributed by atoms with van der Waals surface area (Å²) in [6, 6.07) is 0. The van der Waals surface area contributed by atoms with Gasteiger partial charge in [-0.3, -0.25) is 14.4 Å². The molecule has 6 nitrogen and oxygen atoms in total. The Labute approximate surface area is 384 Å². The first-order chi connectivity index (χ1) is 30.5. The number of hydrogen-bond acceptors (Lipinski definition) is 6. The fraction of sp³-hybridized carbons (Fsp3) is 0.804. The summed E-state index contributed by atoms with van der Waals surface area (Å²) >= 11 is 0. The van der Waals surface area contributed by atoms with Crippen LogP contribution in [0.5, 0.6) is 0 Å². The Balaban J connectivity index is 4.41. The van der Waals surface area contributed by atoms with Crippen LogP contribution in [0.25, 0.3) is 0 Å². The Morgan fingerprint density at radius 1 is 0.323 bits per heavy atom. The van der Waals surface area contributed by atoms with Gasteiger partial charge in [-0.25, -0.2) is 0 Å². The molecule has 0 radical (unpaired) electrons. The van der Waals surface area contributed by atoms with Crippen molar-refractivity contribution < 1.29 is 28.6 Å². The third kappa shape index (κ3) is 48.4. The summed E-state index contributed by atoms with van der Waals surface area (Å²) in [6.45, 7) is 6.59. The number of carbonyl (C=O) groups is 3. The lowest BCUT2D eigenvalue weighted by Gasteiger charge is -2.18. The van der Waals surface area contributed by atoms with Crippen LogP contribution in [0.1, 0.15) is 271 Å². The lowest BCUT2D eigenvalue weighted by Crippen LogP contribution is -2.30. The molecule has 0 aromatic heterocycles. The molecule has 62 heavy (non-hydrogen) atoms. The summed E-state index contributed by atoms with van der Waals surface area (Å²) in [7, 11) is 0. The predicted molar refractivity (Wildman–Crippen MR) is 265 cm³/mol. The van der Waals surface area contributed by atoms with Crippen LogP contribution in [0, 0.1) is 0 Å². The van der Waals surface area contributed by atoms with Gasteiger partial charge in [0.1, 0.15) is 13.2 Å². The SMILES string of the molecule is CCCCC/C=C\C/C=C\C/C=C\CCCCCCC(=O)OC[C@@H](COC(=O)CCCCCCCCCCCCCCC)OC(=O)CCCCCCC/C=C\CCCCCCC. The van der Waals surface area contributed by atoms with Crippen LogP contribution in [0.2, 0.25) is 0 Å². The van der Waals surface area contributed by atoms with Crippen molar-refractivity contribution in [2.24, 2.45) is 0 Å². The Morgan fingerprint density at radius 2 is 0.581 bits per heavy atom. The highest BCUT2D eigenvalue weighted by atomic mass is 16.6. The predicted octanol–water partition coefficient (Wildman–Crippen LogP) is 17.5. The third-order valence-electron chi connectivity index (χ3n) is 11.6. The van der Waals surface area contributed by atoms with Crippen molar-refractivity contribution in [3.63, 3.8) is 0 Å². The summed E-state index contributed by atoms with van der Waals surface area (Å²) in [5.41, 5.74) is 0. The zero-order valence-corrected chi connectivity index (χ0v) is 41.1. The monoisotopic (exact) mass is 869 g/mol. The van der Waals surface area contributed by atoms with E-state index in [4.69, 9.17) is 14.2 Å². The van der Waals surface area contributed by atoms with Gasteiger partial charge in [0.15, 0.2) is 6.10 Å². The van der Waals surface area contributed by atoms with Gasteiger partial charge in [0.05, 0.1) is 0 Å². The second-order valence-electron chi connectivity index (χ2n) is 17.8. The molecule has 0 fully saturated rings. The number of hydrogen-bond donors (Lipinski definition) is 0. The van der Waals surface area contributed by atoms with Gasteiger partial charge in [0.25, 0.3) is 0 Å². The number of esters is 3. The zero-order valence-electron chi connectivity index (χ0n) is 41.1. The maximum Gasteiger partial charge on any atom is 0.306 e. The van der Waals surface area contributed by atoms with E-state index in [1.54, 1.807) is 0 Å². The molecule has 0 heterocycles. The van der Waals surface area contributed by atoms with E-state index in [-0.39, 0.29) is 31.1 Å². The number of ether oxygens (including phenoxy) is 3. The molecule has 0 unspecified atom stereocenters. The van der Waals surface area contributed by atoms with E-state index in [2.05, 4.69) is 69.4 Å². The van der Waals surface area contributed by atoms with E-state index >= 15 is 0 Å². The summed E-state index contributed by atoms with van der Waals surface area (Å²) in [6.07, 6.45) is 60.9. The van der Waals surface area contributed by atoms with Crippen molar-refractivity contribution in [3.8, 4) is 0 Å². The first-order valence-corrected chi connectivity index (χ1v) is 26.6. The molecule has 0 spiro atoms. The average Bonchev–Trinajstić information content (AvgIpc) is 3.27. The molecule has 0 rings (SSSR count). The number of unbranched alkanes of at least 4 members (excludes halogenated alkanes) is 29. The standard InChI is InChI=1S/C56H100O6/c1-4-7-10-13-16-19-22-25-27-28-29-32-34-37-40-43-46-49-55(58)61-52-53(51-60-54(57)48-45-42-39-36-33-30-24-21-18-15-12-9-6-3)62-56(59)50-47-44-41-38-35-31-26-23-20-17-14-11-8-5-2/h16,19,23,25-27,29,32,53H,4-15,17-18,20-22,24,28,30-31,33-52H2,1-3H3/b19-16-,26-23-,27-25-,32-29-/t53-/m1/s1. The van der Waals surface area contributed by atoms with Crippen molar-refractivity contribution >= 4 is 17.9 Å². The van der Waals surface area contributed by atoms with Crippen LogP contribution < -0.4 is 0 Å². The largest absolute Gasteiger partial charge is 0.462 e. The molecule has 0 aliphatic carbocycles. The fourth-order valence-electron chi connectivity index (χ4n) is 7.50. The highest BCUT2D eigenvalue weighted by molar-refractivity contribution is 5.71. The van der Waals surface area contributed by atoms with Gasteiger partial charge in [-0.15, -0.1) is 0 Å². The molecule has 0 aliphatic heterocycles. The number of carbonyl (C=O) groups excluding carboxylic acids is 3. The van der Waals surface area contributed by atoms with Crippen LogP contribution in [0.4, 0.5) is 0 Å². The van der Waals surface area contributed by atoms with Crippen molar-refractivity contribution in [2.75, 3.05) is 13.2 Å². The van der Waals surface area contributed by atoms with Gasteiger partial charge in [-0.05, 0) is 83.5 Å². The van der Waals surface area contributed by atoms with Crippen LogP contribution >= 0.6 is 0 Å². The second-order valence-corrected chi connectivity index (χ2v) is 17.8. The van der Waals surface area contributed by atoms with E-state index in [0.29, 0.717) is 19.3 Å². The van der Waals surface area contributed by atoms with Crippen LogP contribution in [-0.4, -0.2) is 37.2 Å². The van der Waals surface area contributed by atoms with Crippen molar-refractivity contribution in [1.29, 1.82) is 0 Å². The molecule has 0 aliphatic rings. The van der Waals surface area contributed by atoms with Gasteiger partial charge in [-0.2, -0.15) is 0 Å². The Morgan fingerprint density at radius 3 is 0.952 bits per heavy atom. The molecule has 360 valence electrons. The Kier molecular flexibility index (Phi) is 48.8. The highest BCUT2D eigenvalue weighted by Crippen LogP contribution is 2.15. The van der Waals surface area contributed by atoms with Crippen molar-refractivity contribution in [2.45, 2.75) is 277 Å². The maximum absolute atomic E-state index is 12.8. The van der Waals surface area contributed by atoms with Crippen LogP contribution in [-0.2, 0) is 28.6 Å². The lowest BCUT2D eigenvalue weighted by molar-refractivity contribution is -0.167. The molecule has 0 N–H and O–H groups in total. The maximum atomic E-state index is 12.8. The summed E-state index contributed by atoms with van der Waals surface area (Å²) in [4.78, 5) is 38.0. The number of allylic oxidation sites excluding steroid dienone is 8. The Bertz CT molecular complexity index is 1090. The first-order valence-electron chi connectivity index (χ1n) is 26.6. The van der Waals surface area contributed by atoms with Crippen molar-refractivity contribution in [3.05, 3.63) is 48.6 Å². The third-order valence-corrected chi connectivity index (χ3v) is 11.6. The first kappa shape index (κ1) is 59.4. The van der Waals surface area contributed by atoms with Gasteiger partial charge < -0.3 is 14.2 Å². The molecule has 0 saturated heterocycles. The molecule has 0 aromatic rings. The normalized spacial score (nSPS) is 12.4. The summed E-state index contributed by atoms with van der Waals surface area (Å²) in [5, 5.41) is 0. The topological polar surface area (TPSA) is 78.9 Å². The summed E-state index contributed by atoms with van der Waals surface area (Å²) in [5.74, 6) is -0.904. The van der Waals surface area contributed by atoms with E-state index in [1.165, 1.54) is 135 Å². The van der Waals surface area contributed by atoms with Crippen LogP contribution in [0.3, 0.4) is 0 Å². The number of rotatable bonds is 48.